The zero-order valence-electron chi connectivity index (χ0n) is 14.4. The van der Waals surface area contributed by atoms with Crippen LogP contribution in [0, 0.1) is 0 Å². The topological polar surface area (TPSA) is 32.7 Å². The second-order valence-corrected chi connectivity index (χ2v) is 6.69. The molecule has 128 valence electrons. The molecule has 1 aliphatic heterocycles. The number of phenols is 1. The SMILES string of the molecule is CN1CCCC1CCOc1ccccc1CCc1cccc(O)c1. The molecule has 0 aliphatic carbocycles. The summed E-state index contributed by atoms with van der Waals surface area (Å²) in [5.41, 5.74) is 2.39. The minimum Gasteiger partial charge on any atom is -0.508 e. The number of hydrogen-bond donors (Lipinski definition) is 1. The van der Waals surface area contributed by atoms with Gasteiger partial charge in [-0.1, -0.05) is 30.3 Å². The molecule has 1 atom stereocenters. The van der Waals surface area contributed by atoms with E-state index in [1.807, 2.05) is 18.2 Å². The average molecular weight is 325 g/mol. The maximum atomic E-state index is 9.58. The Morgan fingerprint density at radius 2 is 2.00 bits per heavy atom. The quantitative estimate of drug-likeness (QED) is 0.834. The van der Waals surface area contributed by atoms with Crippen LogP contribution in [0.3, 0.4) is 0 Å². The Bertz CT molecular complexity index is 656. The standard InChI is InChI=1S/C21H27NO2/c1-22-14-5-8-19(22)13-15-24-21-10-3-2-7-18(21)12-11-17-6-4-9-20(23)16-17/h2-4,6-7,9-10,16,19,23H,5,8,11-15H2,1H3. The monoisotopic (exact) mass is 325 g/mol. The van der Waals surface area contributed by atoms with Gasteiger partial charge in [-0.05, 0) is 75.0 Å². The summed E-state index contributed by atoms with van der Waals surface area (Å²) in [4.78, 5) is 2.44. The third-order valence-corrected chi connectivity index (χ3v) is 4.95. The summed E-state index contributed by atoms with van der Waals surface area (Å²) < 4.78 is 6.08. The lowest BCUT2D eigenvalue weighted by Crippen LogP contribution is -2.26. The van der Waals surface area contributed by atoms with Gasteiger partial charge in [-0.3, -0.25) is 0 Å². The lowest BCUT2D eigenvalue weighted by Gasteiger charge is -2.20. The normalized spacial score (nSPS) is 18.0. The molecule has 2 aromatic carbocycles. The number of aromatic hydroxyl groups is 1. The Morgan fingerprint density at radius 3 is 2.79 bits per heavy atom. The number of ether oxygens (including phenoxy) is 1. The second kappa shape index (κ2) is 8.20. The average Bonchev–Trinajstić information content (AvgIpc) is 2.99. The highest BCUT2D eigenvalue weighted by atomic mass is 16.5. The van der Waals surface area contributed by atoms with Crippen LogP contribution in [-0.2, 0) is 12.8 Å². The Balaban J connectivity index is 1.54. The van der Waals surface area contributed by atoms with Crippen molar-refractivity contribution in [1.29, 1.82) is 0 Å². The van der Waals surface area contributed by atoms with Crippen LogP contribution in [0.1, 0.15) is 30.4 Å². The van der Waals surface area contributed by atoms with Crippen molar-refractivity contribution in [3.05, 3.63) is 59.7 Å². The molecular formula is C21H27NO2. The van der Waals surface area contributed by atoms with Crippen LogP contribution in [0.15, 0.2) is 48.5 Å². The van der Waals surface area contributed by atoms with Gasteiger partial charge < -0.3 is 14.7 Å². The van der Waals surface area contributed by atoms with Gasteiger partial charge in [-0.25, -0.2) is 0 Å². The minimum absolute atomic E-state index is 0.331. The molecule has 0 saturated carbocycles. The van der Waals surface area contributed by atoms with Gasteiger partial charge in [0.15, 0.2) is 0 Å². The lowest BCUT2D eigenvalue weighted by molar-refractivity contribution is 0.232. The van der Waals surface area contributed by atoms with Crippen molar-refractivity contribution in [3.8, 4) is 11.5 Å². The number of aryl methyl sites for hydroxylation is 2. The number of hydrogen-bond acceptors (Lipinski definition) is 3. The molecule has 1 unspecified atom stereocenters. The molecule has 3 heteroatoms. The first-order valence-corrected chi connectivity index (χ1v) is 8.91. The van der Waals surface area contributed by atoms with Crippen molar-refractivity contribution in [2.45, 2.75) is 38.1 Å². The number of phenolic OH excluding ortho intramolecular Hbond substituents is 1. The van der Waals surface area contributed by atoms with Gasteiger partial charge in [-0.2, -0.15) is 0 Å². The van der Waals surface area contributed by atoms with Crippen molar-refractivity contribution in [3.63, 3.8) is 0 Å². The van der Waals surface area contributed by atoms with E-state index in [0.717, 1.165) is 37.2 Å². The maximum Gasteiger partial charge on any atom is 0.122 e. The van der Waals surface area contributed by atoms with E-state index in [1.165, 1.54) is 24.9 Å². The van der Waals surface area contributed by atoms with E-state index >= 15 is 0 Å². The van der Waals surface area contributed by atoms with Gasteiger partial charge in [0.1, 0.15) is 11.5 Å². The molecule has 1 N–H and O–H groups in total. The van der Waals surface area contributed by atoms with Crippen molar-refractivity contribution < 1.29 is 9.84 Å². The molecule has 0 spiro atoms. The highest BCUT2D eigenvalue weighted by molar-refractivity contribution is 5.35. The van der Waals surface area contributed by atoms with Gasteiger partial charge in [0, 0.05) is 6.04 Å². The number of benzene rings is 2. The molecule has 0 bridgehead atoms. The lowest BCUT2D eigenvalue weighted by atomic mass is 10.0. The molecule has 1 saturated heterocycles. The third-order valence-electron chi connectivity index (χ3n) is 4.95. The molecule has 0 aromatic heterocycles. The predicted octanol–water partition coefficient (Wildman–Crippen LogP) is 4.04. The Kier molecular flexibility index (Phi) is 5.76. The molecule has 0 radical (unpaired) electrons. The number of rotatable bonds is 7. The fraction of sp³-hybridized carbons (Fsp3) is 0.429. The van der Waals surface area contributed by atoms with E-state index in [9.17, 15) is 5.11 Å². The number of likely N-dealkylation sites (tertiary alicyclic amines) is 1. The van der Waals surface area contributed by atoms with Gasteiger partial charge >= 0.3 is 0 Å². The Hall–Kier alpha value is -2.00. The summed E-state index contributed by atoms with van der Waals surface area (Å²) in [6, 6.07) is 16.5. The molecule has 1 fully saturated rings. The van der Waals surface area contributed by atoms with Gasteiger partial charge in [0.2, 0.25) is 0 Å². The summed E-state index contributed by atoms with van der Waals surface area (Å²) in [7, 11) is 2.21. The van der Waals surface area contributed by atoms with E-state index < -0.39 is 0 Å². The molecule has 1 aliphatic rings. The van der Waals surface area contributed by atoms with Crippen molar-refractivity contribution in [2.75, 3.05) is 20.2 Å². The largest absolute Gasteiger partial charge is 0.508 e. The second-order valence-electron chi connectivity index (χ2n) is 6.69. The molecule has 2 aromatic rings. The predicted molar refractivity (Wildman–Crippen MR) is 97.7 cm³/mol. The zero-order chi connectivity index (χ0) is 16.8. The first-order chi connectivity index (χ1) is 11.7. The van der Waals surface area contributed by atoms with E-state index in [-0.39, 0.29) is 0 Å². The van der Waals surface area contributed by atoms with Crippen LogP contribution >= 0.6 is 0 Å². The molecule has 1 heterocycles. The fourth-order valence-corrected chi connectivity index (χ4v) is 3.49. The van der Waals surface area contributed by atoms with Crippen LogP contribution in [0.4, 0.5) is 0 Å². The minimum atomic E-state index is 0.331. The third kappa shape index (κ3) is 4.51. The van der Waals surface area contributed by atoms with Crippen LogP contribution in [0.2, 0.25) is 0 Å². The van der Waals surface area contributed by atoms with E-state index in [4.69, 9.17) is 4.74 Å². The van der Waals surface area contributed by atoms with Gasteiger partial charge in [-0.15, -0.1) is 0 Å². The van der Waals surface area contributed by atoms with E-state index in [2.05, 4.69) is 36.2 Å². The molecule has 3 rings (SSSR count). The Labute approximate surface area is 144 Å². The smallest absolute Gasteiger partial charge is 0.122 e. The van der Waals surface area contributed by atoms with Crippen LogP contribution in [0.25, 0.3) is 0 Å². The summed E-state index contributed by atoms with van der Waals surface area (Å²) in [5.74, 6) is 1.33. The van der Waals surface area contributed by atoms with Gasteiger partial charge in [0.05, 0.1) is 6.61 Å². The molecular weight excluding hydrogens is 298 g/mol. The summed E-state index contributed by atoms with van der Waals surface area (Å²) in [5, 5.41) is 9.58. The summed E-state index contributed by atoms with van der Waals surface area (Å²) in [6.45, 7) is 1.99. The van der Waals surface area contributed by atoms with Gasteiger partial charge in [0.25, 0.3) is 0 Å². The van der Waals surface area contributed by atoms with E-state index in [1.54, 1.807) is 6.07 Å². The zero-order valence-corrected chi connectivity index (χ0v) is 14.4. The maximum absolute atomic E-state index is 9.58. The van der Waals surface area contributed by atoms with E-state index in [0.29, 0.717) is 11.8 Å². The summed E-state index contributed by atoms with van der Waals surface area (Å²) in [6.07, 6.45) is 5.52. The van der Waals surface area contributed by atoms with Crippen molar-refractivity contribution in [2.24, 2.45) is 0 Å². The number of nitrogens with zero attached hydrogens (tertiary/aromatic N) is 1. The fourth-order valence-electron chi connectivity index (χ4n) is 3.49. The molecule has 0 amide bonds. The Morgan fingerprint density at radius 1 is 1.12 bits per heavy atom. The first-order valence-electron chi connectivity index (χ1n) is 8.91. The van der Waals surface area contributed by atoms with Crippen molar-refractivity contribution >= 4 is 0 Å². The summed E-state index contributed by atoms with van der Waals surface area (Å²) >= 11 is 0. The van der Waals surface area contributed by atoms with Crippen LogP contribution in [-0.4, -0.2) is 36.2 Å². The number of para-hydroxylation sites is 1. The van der Waals surface area contributed by atoms with Crippen LogP contribution in [0.5, 0.6) is 11.5 Å². The molecule has 24 heavy (non-hydrogen) atoms. The highest BCUT2D eigenvalue weighted by Crippen LogP contribution is 2.23. The first kappa shape index (κ1) is 16.8. The van der Waals surface area contributed by atoms with Crippen LogP contribution < -0.4 is 4.74 Å². The van der Waals surface area contributed by atoms with Crippen molar-refractivity contribution in [1.82, 2.24) is 4.90 Å². The molecule has 3 nitrogen and oxygen atoms in total. The highest BCUT2D eigenvalue weighted by Gasteiger charge is 2.20.